The third kappa shape index (κ3) is 1.18. The van der Waals surface area contributed by atoms with Crippen LogP contribution in [0.5, 0.6) is 11.5 Å². The van der Waals surface area contributed by atoms with Crippen molar-refractivity contribution in [1.29, 1.82) is 0 Å². The first-order chi connectivity index (χ1) is 5.57. The lowest BCUT2D eigenvalue weighted by molar-refractivity contribution is -0.286. The Morgan fingerprint density at radius 3 is 2.92 bits per heavy atom. The molecule has 1 radical (unpaired) electrons. The van der Waals surface area contributed by atoms with E-state index in [1.54, 1.807) is 0 Å². The van der Waals surface area contributed by atoms with Crippen molar-refractivity contribution in [1.82, 2.24) is 0 Å². The van der Waals surface area contributed by atoms with Crippen LogP contribution in [-0.2, 0) is 0 Å². The Balaban J connectivity index is 2.43. The molecular formula is C7H2ClF2O2. The number of ether oxygens (including phenoxy) is 2. The van der Waals surface area contributed by atoms with Crippen LogP contribution in [-0.4, -0.2) is 6.29 Å². The molecule has 0 spiro atoms. The van der Waals surface area contributed by atoms with E-state index >= 15 is 0 Å². The second kappa shape index (κ2) is 2.23. The molecule has 2 rings (SSSR count). The topological polar surface area (TPSA) is 18.5 Å². The summed E-state index contributed by atoms with van der Waals surface area (Å²) in [5, 5.41) is 0.273. The largest absolute Gasteiger partial charge is 0.586 e. The Bertz CT molecular complexity index is 327. The summed E-state index contributed by atoms with van der Waals surface area (Å²) >= 11 is 5.50. The lowest BCUT2D eigenvalue weighted by Crippen LogP contribution is -2.25. The Morgan fingerprint density at radius 1 is 1.42 bits per heavy atom. The van der Waals surface area contributed by atoms with Crippen LogP contribution >= 0.6 is 11.6 Å². The van der Waals surface area contributed by atoms with Gasteiger partial charge in [0, 0.05) is 17.2 Å². The molecule has 0 fully saturated rings. The zero-order valence-electron chi connectivity index (χ0n) is 5.61. The average Bonchev–Trinajstić information content (AvgIpc) is 2.21. The minimum Gasteiger partial charge on any atom is -0.395 e. The van der Waals surface area contributed by atoms with E-state index in [-0.39, 0.29) is 16.5 Å². The maximum Gasteiger partial charge on any atom is 0.586 e. The molecule has 12 heavy (non-hydrogen) atoms. The minimum atomic E-state index is -3.59. The van der Waals surface area contributed by atoms with Crippen molar-refractivity contribution in [3.63, 3.8) is 0 Å². The summed E-state index contributed by atoms with van der Waals surface area (Å²) < 4.78 is 32.9. The summed E-state index contributed by atoms with van der Waals surface area (Å²) in [6.45, 7) is 0. The molecule has 0 N–H and O–H groups in total. The van der Waals surface area contributed by atoms with E-state index in [0.717, 1.165) is 0 Å². The monoisotopic (exact) mass is 191 g/mol. The summed E-state index contributed by atoms with van der Waals surface area (Å²) in [5.74, 6) is -0.211. The Kier molecular flexibility index (Phi) is 1.41. The van der Waals surface area contributed by atoms with Gasteiger partial charge in [-0.05, 0) is 6.07 Å². The summed E-state index contributed by atoms with van der Waals surface area (Å²) in [6, 6.07) is 4.98. The van der Waals surface area contributed by atoms with Crippen LogP contribution in [0.3, 0.4) is 0 Å². The fraction of sp³-hybridized carbons (Fsp3) is 0.143. The molecule has 0 bridgehead atoms. The highest BCUT2D eigenvalue weighted by Gasteiger charge is 2.43. The van der Waals surface area contributed by atoms with Gasteiger partial charge in [-0.2, -0.15) is 0 Å². The number of halogens is 3. The normalized spacial score (nSPS) is 17.9. The smallest absolute Gasteiger partial charge is 0.395 e. The van der Waals surface area contributed by atoms with E-state index in [0.29, 0.717) is 0 Å². The van der Waals surface area contributed by atoms with Crippen molar-refractivity contribution >= 4 is 11.6 Å². The van der Waals surface area contributed by atoms with Crippen molar-refractivity contribution in [3.05, 3.63) is 23.2 Å². The van der Waals surface area contributed by atoms with E-state index in [9.17, 15) is 8.78 Å². The average molecular weight is 192 g/mol. The SMILES string of the molecule is FC1(F)Oc2[c]cc(Cl)cc2O1. The molecule has 0 unspecified atom stereocenters. The van der Waals surface area contributed by atoms with E-state index in [1.165, 1.54) is 12.1 Å². The first-order valence-electron chi connectivity index (χ1n) is 3.04. The molecule has 1 aromatic rings. The molecule has 0 atom stereocenters. The number of alkyl halides is 2. The molecule has 1 heterocycles. The van der Waals surface area contributed by atoms with Crippen molar-refractivity contribution in [3.8, 4) is 11.5 Å². The van der Waals surface area contributed by atoms with Crippen LogP contribution in [0.25, 0.3) is 0 Å². The zero-order chi connectivity index (χ0) is 8.77. The molecule has 0 aromatic heterocycles. The predicted molar refractivity (Wildman–Crippen MR) is 36.5 cm³/mol. The maximum absolute atomic E-state index is 12.4. The third-order valence-corrected chi connectivity index (χ3v) is 1.50. The summed E-state index contributed by atoms with van der Waals surface area (Å²) in [6.07, 6.45) is -3.59. The predicted octanol–water partition coefficient (Wildman–Crippen LogP) is 2.46. The fourth-order valence-electron chi connectivity index (χ4n) is 0.861. The lowest BCUT2D eigenvalue weighted by Gasteiger charge is -2.04. The van der Waals surface area contributed by atoms with Crippen LogP contribution in [0.4, 0.5) is 8.78 Å². The number of hydrogen-bond donors (Lipinski definition) is 0. The lowest BCUT2D eigenvalue weighted by atomic mass is 10.3. The van der Waals surface area contributed by atoms with E-state index < -0.39 is 6.29 Å². The molecule has 1 aromatic carbocycles. The van der Waals surface area contributed by atoms with E-state index in [2.05, 4.69) is 15.5 Å². The molecule has 0 amide bonds. The quantitative estimate of drug-likeness (QED) is 0.627. The van der Waals surface area contributed by atoms with Crippen LogP contribution in [0, 0.1) is 6.07 Å². The Labute approximate surface area is 71.7 Å². The highest BCUT2D eigenvalue weighted by atomic mass is 35.5. The first kappa shape index (κ1) is 7.61. The molecule has 1 aliphatic heterocycles. The van der Waals surface area contributed by atoms with Crippen molar-refractivity contribution in [2.24, 2.45) is 0 Å². The molecule has 63 valence electrons. The van der Waals surface area contributed by atoms with Gasteiger partial charge in [0.2, 0.25) is 0 Å². The van der Waals surface area contributed by atoms with Gasteiger partial charge >= 0.3 is 6.29 Å². The van der Waals surface area contributed by atoms with Crippen LogP contribution in [0.1, 0.15) is 0 Å². The minimum absolute atomic E-state index is 0.0903. The van der Waals surface area contributed by atoms with E-state index in [4.69, 9.17) is 11.6 Å². The molecule has 0 aliphatic carbocycles. The van der Waals surface area contributed by atoms with Crippen molar-refractivity contribution in [2.45, 2.75) is 6.29 Å². The highest BCUT2D eigenvalue weighted by molar-refractivity contribution is 6.30. The molecule has 5 heteroatoms. The van der Waals surface area contributed by atoms with Crippen LogP contribution in [0.15, 0.2) is 12.1 Å². The van der Waals surface area contributed by atoms with Gasteiger partial charge in [0.05, 0.1) is 0 Å². The summed E-state index contributed by atoms with van der Waals surface area (Å²) in [7, 11) is 0. The van der Waals surface area contributed by atoms with E-state index in [1.807, 2.05) is 0 Å². The standard InChI is InChI=1S/C7H2ClF2O2/c8-4-1-2-5-6(3-4)12-7(9,10)11-5/h1,3H. The summed E-state index contributed by atoms with van der Waals surface area (Å²) in [5.41, 5.74) is 0. The molecule has 1 aliphatic rings. The van der Waals surface area contributed by atoms with Gasteiger partial charge in [0.25, 0.3) is 0 Å². The van der Waals surface area contributed by atoms with Gasteiger partial charge in [-0.15, -0.1) is 8.78 Å². The number of fused-ring (bicyclic) bond motifs is 1. The number of hydrogen-bond acceptors (Lipinski definition) is 2. The van der Waals surface area contributed by atoms with Crippen molar-refractivity contribution < 1.29 is 18.3 Å². The molecule has 0 saturated heterocycles. The van der Waals surface area contributed by atoms with Crippen LogP contribution < -0.4 is 9.47 Å². The maximum atomic E-state index is 12.4. The molecule has 2 nitrogen and oxygen atoms in total. The number of rotatable bonds is 0. The fourth-order valence-corrected chi connectivity index (χ4v) is 1.01. The third-order valence-electron chi connectivity index (χ3n) is 1.28. The van der Waals surface area contributed by atoms with Gasteiger partial charge in [-0.25, -0.2) is 0 Å². The first-order valence-corrected chi connectivity index (χ1v) is 3.42. The van der Waals surface area contributed by atoms with Gasteiger partial charge in [-0.1, -0.05) is 11.6 Å². The zero-order valence-corrected chi connectivity index (χ0v) is 6.36. The van der Waals surface area contributed by atoms with Crippen LogP contribution in [0.2, 0.25) is 5.02 Å². The van der Waals surface area contributed by atoms with Gasteiger partial charge < -0.3 is 9.47 Å². The Morgan fingerprint density at radius 2 is 2.17 bits per heavy atom. The number of benzene rings is 1. The second-order valence-electron chi connectivity index (χ2n) is 2.18. The van der Waals surface area contributed by atoms with Gasteiger partial charge in [0.15, 0.2) is 11.5 Å². The Hall–Kier alpha value is -1.03. The van der Waals surface area contributed by atoms with Crippen molar-refractivity contribution in [2.75, 3.05) is 0 Å². The van der Waals surface area contributed by atoms with Gasteiger partial charge in [-0.3, -0.25) is 0 Å². The molecular weight excluding hydrogens is 190 g/mol. The highest BCUT2D eigenvalue weighted by Crippen LogP contribution is 2.41. The molecule has 0 saturated carbocycles. The second-order valence-corrected chi connectivity index (χ2v) is 2.62. The van der Waals surface area contributed by atoms with Gasteiger partial charge in [0.1, 0.15) is 0 Å². The summed E-state index contributed by atoms with van der Waals surface area (Å²) in [4.78, 5) is 0.